The average molecular weight is 665 g/mol. The molecular formula is C36H72O10. The van der Waals surface area contributed by atoms with E-state index in [4.69, 9.17) is 44.3 Å². The number of carbonyl (C=O) groups is 5. The zero-order valence-corrected chi connectivity index (χ0v) is 30.8. The molecule has 0 fully saturated rings. The van der Waals surface area contributed by atoms with Crippen LogP contribution >= 0.6 is 0 Å². The summed E-state index contributed by atoms with van der Waals surface area (Å²) in [5.41, 5.74) is -0.211. The molecule has 0 radical (unpaired) electrons. The van der Waals surface area contributed by atoms with Crippen molar-refractivity contribution < 1.29 is 49.1 Å². The maximum absolute atomic E-state index is 13.1. The Labute approximate surface area is 281 Å². The Morgan fingerprint density at radius 1 is 0.413 bits per heavy atom. The van der Waals surface area contributed by atoms with Crippen LogP contribution < -0.4 is 0 Å². The first-order valence-corrected chi connectivity index (χ1v) is 17.5. The van der Waals surface area contributed by atoms with Gasteiger partial charge in [0.15, 0.2) is 0 Å². The smallest absolute Gasteiger partial charge is 0.312 e. The van der Waals surface area contributed by atoms with Crippen molar-refractivity contribution in [2.24, 2.45) is 5.41 Å². The third-order valence-electron chi connectivity index (χ3n) is 6.74. The standard InChI is InChI=1S/C28H56O2.4C2H4O2/c1-5-9-12-15-16-17-18-19-20-23-26-28(27(29)30-8-4,24-21-13-10-6-2)25-22-14-11-7-3;4*1-2(3)4/h5-26H2,1-4H3;4*1H3,(H,3,4). The summed E-state index contributed by atoms with van der Waals surface area (Å²) in [6, 6.07) is 0. The zero-order chi connectivity index (χ0) is 36.7. The summed E-state index contributed by atoms with van der Waals surface area (Å²) in [6.45, 7) is 13.6. The maximum atomic E-state index is 13.1. The Kier molecular flexibility index (Phi) is 48.7. The molecule has 0 saturated heterocycles. The predicted molar refractivity (Wildman–Crippen MR) is 186 cm³/mol. The van der Waals surface area contributed by atoms with Crippen LogP contribution in [0.15, 0.2) is 0 Å². The minimum absolute atomic E-state index is 0.105. The van der Waals surface area contributed by atoms with Crippen molar-refractivity contribution >= 4 is 29.8 Å². The number of hydrogen-bond donors (Lipinski definition) is 4. The molecule has 0 aromatic rings. The molecule has 10 nitrogen and oxygen atoms in total. The largest absolute Gasteiger partial charge is 0.481 e. The third kappa shape index (κ3) is 60.5. The molecule has 0 heterocycles. The molecule has 4 N–H and O–H groups in total. The summed E-state index contributed by atoms with van der Waals surface area (Å²) in [6.07, 6.45) is 26.6. The van der Waals surface area contributed by atoms with Gasteiger partial charge in [0.1, 0.15) is 0 Å². The van der Waals surface area contributed by atoms with Gasteiger partial charge in [0.05, 0.1) is 12.0 Å². The van der Waals surface area contributed by atoms with Gasteiger partial charge in [-0.25, -0.2) is 0 Å². The van der Waals surface area contributed by atoms with Crippen LogP contribution in [0.5, 0.6) is 0 Å². The highest BCUT2D eigenvalue weighted by Crippen LogP contribution is 2.39. The molecule has 0 aliphatic heterocycles. The molecular weight excluding hydrogens is 592 g/mol. The molecule has 0 aromatic carbocycles. The van der Waals surface area contributed by atoms with E-state index < -0.39 is 23.9 Å². The molecule has 0 unspecified atom stereocenters. The Balaban J connectivity index is -0.000000287. The lowest BCUT2D eigenvalue weighted by Gasteiger charge is -2.32. The summed E-state index contributed by atoms with van der Waals surface area (Å²) in [5.74, 6) is -3.23. The van der Waals surface area contributed by atoms with Gasteiger partial charge in [-0.1, -0.05) is 136 Å². The number of carboxylic acids is 4. The first-order valence-electron chi connectivity index (χ1n) is 17.5. The molecule has 0 bridgehead atoms. The number of carboxylic acid groups (broad SMARTS) is 4. The van der Waals surface area contributed by atoms with Crippen LogP contribution in [-0.2, 0) is 28.7 Å². The Morgan fingerprint density at radius 2 is 0.609 bits per heavy atom. The van der Waals surface area contributed by atoms with E-state index in [0.29, 0.717) is 6.61 Å². The van der Waals surface area contributed by atoms with E-state index >= 15 is 0 Å². The molecule has 46 heavy (non-hydrogen) atoms. The maximum Gasteiger partial charge on any atom is 0.312 e. The van der Waals surface area contributed by atoms with Crippen molar-refractivity contribution in [1.29, 1.82) is 0 Å². The van der Waals surface area contributed by atoms with E-state index in [2.05, 4.69) is 20.8 Å². The number of carbonyl (C=O) groups excluding carboxylic acids is 1. The van der Waals surface area contributed by atoms with Crippen molar-refractivity contribution in [1.82, 2.24) is 0 Å². The first-order chi connectivity index (χ1) is 21.6. The zero-order valence-electron chi connectivity index (χ0n) is 30.8. The molecule has 0 aliphatic rings. The molecule has 0 aliphatic carbocycles. The first kappa shape index (κ1) is 52.9. The van der Waals surface area contributed by atoms with E-state index in [0.717, 1.165) is 47.0 Å². The van der Waals surface area contributed by atoms with Gasteiger partial charge in [0.2, 0.25) is 0 Å². The molecule has 0 spiro atoms. The van der Waals surface area contributed by atoms with Crippen LogP contribution in [0.25, 0.3) is 0 Å². The summed E-state index contributed by atoms with van der Waals surface area (Å²) >= 11 is 0. The van der Waals surface area contributed by atoms with Crippen molar-refractivity contribution in [3.63, 3.8) is 0 Å². The molecule has 0 atom stereocenters. The summed E-state index contributed by atoms with van der Waals surface area (Å²) in [4.78, 5) is 49.1. The van der Waals surface area contributed by atoms with Gasteiger partial charge in [-0.15, -0.1) is 0 Å². The van der Waals surface area contributed by atoms with Crippen LogP contribution in [0.4, 0.5) is 0 Å². The Morgan fingerprint density at radius 3 is 0.826 bits per heavy atom. The van der Waals surface area contributed by atoms with E-state index in [9.17, 15) is 4.79 Å². The highest BCUT2D eigenvalue weighted by atomic mass is 16.5. The lowest BCUT2D eigenvalue weighted by molar-refractivity contribution is -0.157. The van der Waals surface area contributed by atoms with E-state index in [-0.39, 0.29) is 11.4 Å². The summed E-state index contributed by atoms with van der Waals surface area (Å²) in [5, 5.41) is 29.7. The minimum Gasteiger partial charge on any atom is -0.481 e. The Hall–Kier alpha value is -2.65. The van der Waals surface area contributed by atoms with Gasteiger partial charge >= 0.3 is 5.97 Å². The number of unbranched alkanes of at least 4 members (excludes halogenated alkanes) is 15. The lowest BCUT2D eigenvalue weighted by Crippen LogP contribution is -2.33. The van der Waals surface area contributed by atoms with Gasteiger partial charge in [0, 0.05) is 27.7 Å². The second-order valence-electron chi connectivity index (χ2n) is 11.6. The number of aliphatic carboxylic acids is 4. The summed E-state index contributed by atoms with van der Waals surface area (Å²) < 4.78 is 5.62. The number of esters is 1. The van der Waals surface area contributed by atoms with Crippen LogP contribution in [0.3, 0.4) is 0 Å². The monoisotopic (exact) mass is 665 g/mol. The molecule has 10 heteroatoms. The fraction of sp³-hybridized carbons (Fsp3) is 0.861. The second-order valence-corrected chi connectivity index (χ2v) is 11.6. The fourth-order valence-corrected chi connectivity index (χ4v) is 4.70. The minimum atomic E-state index is -0.833. The van der Waals surface area contributed by atoms with Crippen LogP contribution in [0.1, 0.15) is 190 Å². The molecule has 0 amide bonds. The topological polar surface area (TPSA) is 175 Å². The van der Waals surface area contributed by atoms with Crippen molar-refractivity contribution in [2.45, 2.75) is 190 Å². The molecule has 0 saturated carbocycles. The normalized spacial score (nSPS) is 9.83. The van der Waals surface area contributed by atoms with Crippen molar-refractivity contribution in [2.75, 3.05) is 6.61 Å². The molecule has 0 aromatic heterocycles. The van der Waals surface area contributed by atoms with Gasteiger partial charge in [-0.05, 0) is 26.2 Å². The third-order valence-corrected chi connectivity index (χ3v) is 6.74. The highest BCUT2D eigenvalue weighted by Gasteiger charge is 2.38. The average Bonchev–Trinajstić information content (AvgIpc) is 2.93. The van der Waals surface area contributed by atoms with Gasteiger partial charge in [-0.2, -0.15) is 0 Å². The summed E-state index contributed by atoms with van der Waals surface area (Å²) in [7, 11) is 0. The van der Waals surface area contributed by atoms with E-state index in [1.807, 2.05) is 6.92 Å². The molecule has 276 valence electrons. The molecule has 0 rings (SSSR count). The second kappa shape index (κ2) is 42.3. The van der Waals surface area contributed by atoms with E-state index in [1.54, 1.807) is 0 Å². The SMILES string of the molecule is CC(=O)O.CC(=O)O.CC(=O)O.CC(=O)O.CCCCCCCCCCCCC(CCCCCC)(CCCCCC)C(=O)OCC. The van der Waals surface area contributed by atoms with Gasteiger partial charge in [0.25, 0.3) is 23.9 Å². The van der Waals surface area contributed by atoms with Crippen LogP contribution in [0.2, 0.25) is 0 Å². The van der Waals surface area contributed by atoms with Crippen LogP contribution in [0, 0.1) is 5.41 Å². The van der Waals surface area contributed by atoms with E-state index in [1.165, 1.54) is 116 Å². The lowest BCUT2D eigenvalue weighted by atomic mass is 9.74. The van der Waals surface area contributed by atoms with Crippen LogP contribution in [-0.4, -0.2) is 56.9 Å². The highest BCUT2D eigenvalue weighted by molar-refractivity contribution is 5.76. The van der Waals surface area contributed by atoms with Gasteiger partial charge in [-0.3, -0.25) is 24.0 Å². The number of ether oxygens (including phenoxy) is 1. The predicted octanol–water partition coefficient (Wildman–Crippen LogP) is 10.2. The fourth-order valence-electron chi connectivity index (χ4n) is 4.70. The quantitative estimate of drug-likeness (QED) is 0.0607. The van der Waals surface area contributed by atoms with Gasteiger partial charge < -0.3 is 25.2 Å². The number of rotatable bonds is 23. The Bertz CT molecular complexity index is 631. The van der Waals surface area contributed by atoms with Crippen molar-refractivity contribution in [3.05, 3.63) is 0 Å². The number of hydrogen-bond acceptors (Lipinski definition) is 6. The van der Waals surface area contributed by atoms with Crippen molar-refractivity contribution in [3.8, 4) is 0 Å².